The Morgan fingerprint density at radius 2 is 2.00 bits per heavy atom. The second-order valence-corrected chi connectivity index (χ2v) is 3.78. The van der Waals surface area contributed by atoms with Gasteiger partial charge in [-0.3, -0.25) is 0 Å². The third-order valence-corrected chi connectivity index (χ3v) is 2.60. The summed E-state index contributed by atoms with van der Waals surface area (Å²) in [6.45, 7) is 1.05. The van der Waals surface area contributed by atoms with Crippen LogP contribution in [0, 0.1) is 0 Å². The van der Waals surface area contributed by atoms with E-state index in [1.807, 2.05) is 0 Å². The van der Waals surface area contributed by atoms with E-state index >= 15 is 0 Å². The lowest BCUT2D eigenvalue weighted by Gasteiger charge is -2.18. The number of benzene rings is 1. The Morgan fingerprint density at radius 3 is 2.72 bits per heavy atom. The molecule has 0 saturated carbocycles. The van der Waals surface area contributed by atoms with Crippen molar-refractivity contribution in [3.63, 3.8) is 0 Å². The topological polar surface area (TPSA) is 73.6 Å². The summed E-state index contributed by atoms with van der Waals surface area (Å²) in [4.78, 5) is 10.8. The fourth-order valence-electron chi connectivity index (χ4n) is 1.76. The molecule has 1 aromatic carbocycles. The number of ether oxygens (including phenoxy) is 2. The van der Waals surface area contributed by atoms with Crippen LogP contribution in [0.1, 0.15) is 10.5 Å². The molecule has 0 fully saturated rings. The average molecular weight is 246 g/mol. The summed E-state index contributed by atoms with van der Waals surface area (Å²) in [7, 11) is 0. The zero-order valence-corrected chi connectivity index (χ0v) is 9.37. The van der Waals surface area contributed by atoms with E-state index in [4.69, 9.17) is 14.6 Å². The molecule has 1 aromatic heterocycles. The maximum atomic E-state index is 10.8. The Morgan fingerprint density at radius 1 is 1.22 bits per heavy atom. The van der Waals surface area contributed by atoms with Gasteiger partial charge in [-0.05, 0) is 18.2 Å². The number of carboxylic acids is 1. The molecule has 1 aliphatic rings. The van der Waals surface area contributed by atoms with Gasteiger partial charge in [0.15, 0.2) is 17.2 Å². The van der Waals surface area contributed by atoms with E-state index in [1.165, 1.54) is 10.7 Å². The normalized spacial score (nSPS) is 13.3. The Bertz CT molecular complexity index is 606. The third kappa shape index (κ3) is 1.77. The van der Waals surface area contributed by atoms with Gasteiger partial charge in [0, 0.05) is 12.3 Å². The van der Waals surface area contributed by atoms with Crippen LogP contribution in [0.4, 0.5) is 0 Å². The largest absolute Gasteiger partial charge is 0.486 e. The van der Waals surface area contributed by atoms with Gasteiger partial charge in [-0.15, -0.1) is 0 Å². The van der Waals surface area contributed by atoms with Crippen LogP contribution in [0.15, 0.2) is 30.5 Å². The molecular formula is C12H10N2O4. The molecular weight excluding hydrogens is 236 g/mol. The van der Waals surface area contributed by atoms with E-state index in [9.17, 15) is 4.79 Å². The van der Waals surface area contributed by atoms with E-state index < -0.39 is 5.97 Å². The summed E-state index contributed by atoms with van der Waals surface area (Å²) < 4.78 is 12.4. The monoisotopic (exact) mass is 246 g/mol. The van der Waals surface area contributed by atoms with Crippen molar-refractivity contribution in [2.75, 3.05) is 13.2 Å². The molecule has 2 heterocycles. The first-order valence-electron chi connectivity index (χ1n) is 5.43. The zero-order chi connectivity index (χ0) is 12.5. The van der Waals surface area contributed by atoms with Crippen molar-refractivity contribution >= 4 is 5.97 Å². The van der Waals surface area contributed by atoms with E-state index in [1.54, 1.807) is 24.4 Å². The molecule has 0 saturated heterocycles. The highest BCUT2D eigenvalue weighted by atomic mass is 16.6. The van der Waals surface area contributed by atoms with Gasteiger partial charge in [-0.2, -0.15) is 5.10 Å². The Hall–Kier alpha value is -2.50. The molecule has 0 spiro atoms. The molecule has 6 heteroatoms. The van der Waals surface area contributed by atoms with E-state index in [-0.39, 0.29) is 5.69 Å². The van der Waals surface area contributed by atoms with Crippen molar-refractivity contribution in [3.05, 3.63) is 36.2 Å². The number of carboxylic acid groups (broad SMARTS) is 1. The molecule has 2 aromatic rings. The summed E-state index contributed by atoms with van der Waals surface area (Å²) in [5.41, 5.74) is 0.733. The molecule has 3 rings (SSSR count). The minimum Gasteiger partial charge on any atom is -0.486 e. The molecule has 0 aliphatic carbocycles. The summed E-state index contributed by atoms with van der Waals surface area (Å²) in [6, 6.07) is 6.80. The summed E-state index contributed by atoms with van der Waals surface area (Å²) in [5, 5.41) is 12.8. The molecule has 18 heavy (non-hydrogen) atoms. The number of aromatic carboxylic acids is 1. The molecule has 1 N–H and O–H groups in total. The van der Waals surface area contributed by atoms with Crippen molar-refractivity contribution in [1.82, 2.24) is 9.78 Å². The van der Waals surface area contributed by atoms with Crippen LogP contribution in [0.5, 0.6) is 11.5 Å². The Balaban J connectivity index is 1.98. The third-order valence-electron chi connectivity index (χ3n) is 2.60. The second kappa shape index (κ2) is 4.06. The molecule has 0 radical (unpaired) electrons. The fraction of sp³-hybridized carbons (Fsp3) is 0.167. The van der Waals surface area contributed by atoms with Crippen LogP contribution in [0.3, 0.4) is 0 Å². The average Bonchev–Trinajstić information content (AvgIpc) is 2.88. The van der Waals surface area contributed by atoms with Crippen LogP contribution < -0.4 is 9.47 Å². The van der Waals surface area contributed by atoms with Gasteiger partial charge in [0.1, 0.15) is 13.2 Å². The van der Waals surface area contributed by atoms with Gasteiger partial charge in [-0.1, -0.05) is 0 Å². The molecule has 1 aliphatic heterocycles. The summed E-state index contributed by atoms with van der Waals surface area (Å²) in [6.07, 6.45) is 1.59. The Labute approximate surface area is 102 Å². The minimum atomic E-state index is -1.05. The van der Waals surface area contributed by atoms with Gasteiger partial charge in [-0.25, -0.2) is 9.48 Å². The first kappa shape index (κ1) is 10.6. The highest BCUT2D eigenvalue weighted by Crippen LogP contribution is 2.31. The first-order valence-corrected chi connectivity index (χ1v) is 5.43. The highest BCUT2D eigenvalue weighted by molar-refractivity contribution is 5.85. The van der Waals surface area contributed by atoms with Gasteiger partial charge < -0.3 is 14.6 Å². The standard InChI is InChI=1S/C12H10N2O4/c15-12(16)9-3-4-14(13-9)8-1-2-10-11(7-8)18-6-5-17-10/h1-4,7H,5-6H2,(H,15,16). The van der Waals surface area contributed by atoms with Crippen LogP contribution in [0.25, 0.3) is 5.69 Å². The molecule has 92 valence electrons. The maximum absolute atomic E-state index is 10.8. The van der Waals surface area contributed by atoms with Gasteiger partial charge in [0.2, 0.25) is 0 Å². The van der Waals surface area contributed by atoms with Gasteiger partial charge in [0.25, 0.3) is 0 Å². The molecule has 0 unspecified atom stereocenters. The number of aromatic nitrogens is 2. The van der Waals surface area contributed by atoms with E-state index in [0.29, 0.717) is 24.7 Å². The van der Waals surface area contributed by atoms with Crippen LogP contribution in [-0.2, 0) is 0 Å². The minimum absolute atomic E-state index is 0.00453. The quantitative estimate of drug-likeness (QED) is 0.865. The summed E-state index contributed by atoms with van der Waals surface area (Å²) in [5.74, 6) is 0.285. The van der Waals surface area contributed by atoms with Crippen LogP contribution in [-0.4, -0.2) is 34.1 Å². The lowest BCUT2D eigenvalue weighted by Crippen LogP contribution is -2.15. The number of hydrogen-bond donors (Lipinski definition) is 1. The van der Waals surface area contributed by atoms with E-state index in [0.717, 1.165) is 5.69 Å². The predicted octanol–water partition coefficient (Wildman–Crippen LogP) is 1.34. The van der Waals surface area contributed by atoms with Crippen molar-refractivity contribution in [1.29, 1.82) is 0 Å². The number of rotatable bonds is 2. The van der Waals surface area contributed by atoms with Crippen LogP contribution in [0.2, 0.25) is 0 Å². The number of hydrogen-bond acceptors (Lipinski definition) is 4. The molecule has 0 amide bonds. The smallest absolute Gasteiger partial charge is 0.356 e. The van der Waals surface area contributed by atoms with Gasteiger partial charge >= 0.3 is 5.97 Å². The second-order valence-electron chi connectivity index (χ2n) is 3.78. The number of fused-ring (bicyclic) bond motifs is 1. The van der Waals surface area contributed by atoms with Gasteiger partial charge in [0.05, 0.1) is 5.69 Å². The Kier molecular flexibility index (Phi) is 2.40. The fourth-order valence-corrected chi connectivity index (χ4v) is 1.76. The molecule has 0 atom stereocenters. The van der Waals surface area contributed by atoms with Crippen molar-refractivity contribution in [2.45, 2.75) is 0 Å². The number of nitrogens with zero attached hydrogens (tertiary/aromatic N) is 2. The maximum Gasteiger partial charge on any atom is 0.356 e. The first-order chi connectivity index (χ1) is 8.74. The number of carbonyl (C=O) groups is 1. The highest BCUT2D eigenvalue weighted by Gasteiger charge is 2.13. The van der Waals surface area contributed by atoms with Crippen LogP contribution >= 0.6 is 0 Å². The summed E-state index contributed by atoms with van der Waals surface area (Å²) >= 11 is 0. The molecule has 6 nitrogen and oxygen atoms in total. The lowest BCUT2D eigenvalue weighted by atomic mass is 10.2. The van der Waals surface area contributed by atoms with E-state index in [2.05, 4.69) is 5.10 Å². The molecule has 0 bridgehead atoms. The zero-order valence-electron chi connectivity index (χ0n) is 9.37. The van der Waals surface area contributed by atoms with Crippen molar-refractivity contribution in [3.8, 4) is 17.2 Å². The van der Waals surface area contributed by atoms with Crippen molar-refractivity contribution < 1.29 is 19.4 Å². The lowest BCUT2D eigenvalue weighted by molar-refractivity contribution is 0.0690. The SMILES string of the molecule is O=C(O)c1ccn(-c2ccc3c(c2)OCCO3)n1. The van der Waals surface area contributed by atoms with Crippen molar-refractivity contribution in [2.24, 2.45) is 0 Å². The predicted molar refractivity (Wildman–Crippen MR) is 61.5 cm³/mol.